The molecule has 0 aromatic heterocycles. The van der Waals surface area contributed by atoms with Crippen LogP contribution >= 0.6 is 0 Å². The van der Waals surface area contributed by atoms with Crippen LogP contribution in [0, 0.1) is 16.7 Å². The number of carboxylic acid groups (broad SMARTS) is 1. The van der Waals surface area contributed by atoms with Gasteiger partial charge in [-0.2, -0.15) is 5.26 Å². The molecule has 0 unspecified atom stereocenters. The maximum absolute atomic E-state index is 12.3. The standard InChI is InChI=1S/C16H20N2O3/c1-4-18(14(19)9-16(2,3)15(20)21)11-13-8-6-5-7-12(13)10-17/h5-8H,4,9,11H2,1-3H3,(H,20,21). The van der Waals surface area contributed by atoms with Gasteiger partial charge in [-0.15, -0.1) is 0 Å². The lowest BCUT2D eigenvalue weighted by atomic mass is 9.89. The van der Waals surface area contributed by atoms with Crippen LogP contribution in [-0.4, -0.2) is 28.4 Å². The summed E-state index contributed by atoms with van der Waals surface area (Å²) >= 11 is 0. The summed E-state index contributed by atoms with van der Waals surface area (Å²) in [7, 11) is 0. The molecule has 0 saturated carbocycles. The highest BCUT2D eigenvalue weighted by molar-refractivity contribution is 5.84. The fraction of sp³-hybridized carbons (Fsp3) is 0.438. The second kappa shape index (κ2) is 6.89. The first-order chi connectivity index (χ1) is 9.81. The van der Waals surface area contributed by atoms with Gasteiger partial charge in [0.15, 0.2) is 0 Å². The van der Waals surface area contributed by atoms with Crippen molar-refractivity contribution in [2.75, 3.05) is 6.54 Å². The number of hydrogen-bond acceptors (Lipinski definition) is 3. The zero-order valence-corrected chi connectivity index (χ0v) is 12.6. The highest BCUT2D eigenvalue weighted by Crippen LogP contribution is 2.22. The third-order valence-corrected chi connectivity index (χ3v) is 3.41. The Kier molecular flexibility index (Phi) is 5.48. The van der Waals surface area contributed by atoms with Crippen LogP contribution in [0.2, 0.25) is 0 Å². The fourth-order valence-electron chi connectivity index (χ4n) is 1.91. The molecule has 0 heterocycles. The molecule has 0 saturated heterocycles. The largest absolute Gasteiger partial charge is 0.481 e. The molecule has 1 aromatic rings. The first kappa shape index (κ1) is 16.7. The number of benzene rings is 1. The molecule has 1 N–H and O–H groups in total. The Labute approximate surface area is 124 Å². The molecule has 0 spiro atoms. The number of rotatable bonds is 6. The first-order valence-corrected chi connectivity index (χ1v) is 6.81. The second-order valence-corrected chi connectivity index (χ2v) is 5.54. The molecule has 21 heavy (non-hydrogen) atoms. The zero-order valence-electron chi connectivity index (χ0n) is 12.6. The van der Waals surface area contributed by atoms with Crippen molar-refractivity contribution >= 4 is 11.9 Å². The third-order valence-electron chi connectivity index (χ3n) is 3.41. The Morgan fingerprint density at radius 2 is 1.95 bits per heavy atom. The number of carbonyl (C=O) groups excluding carboxylic acids is 1. The maximum atomic E-state index is 12.3. The van der Waals surface area contributed by atoms with Gasteiger partial charge in [-0.05, 0) is 32.4 Å². The van der Waals surface area contributed by atoms with Crippen molar-refractivity contribution < 1.29 is 14.7 Å². The molecule has 0 fully saturated rings. The molecule has 1 rings (SSSR count). The maximum Gasteiger partial charge on any atom is 0.309 e. The normalized spacial score (nSPS) is 10.8. The number of nitrogens with zero attached hydrogens (tertiary/aromatic N) is 2. The first-order valence-electron chi connectivity index (χ1n) is 6.81. The average molecular weight is 288 g/mol. The number of aliphatic carboxylic acids is 1. The summed E-state index contributed by atoms with van der Waals surface area (Å²) in [4.78, 5) is 25.0. The summed E-state index contributed by atoms with van der Waals surface area (Å²) in [5.41, 5.74) is 0.198. The molecule has 0 radical (unpaired) electrons. The summed E-state index contributed by atoms with van der Waals surface area (Å²) in [6.07, 6.45) is -0.0646. The molecule has 0 aliphatic carbocycles. The summed E-state index contributed by atoms with van der Waals surface area (Å²) in [6, 6.07) is 9.19. The third kappa shape index (κ3) is 4.32. The molecule has 1 amide bonds. The van der Waals surface area contributed by atoms with E-state index in [1.165, 1.54) is 13.8 Å². The van der Waals surface area contributed by atoms with E-state index in [1.807, 2.05) is 13.0 Å². The summed E-state index contributed by atoms with van der Waals surface area (Å²) in [5.74, 6) is -1.22. The van der Waals surface area contributed by atoms with Crippen LogP contribution in [0.4, 0.5) is 0 Å². The Bertz CT molecular complexity index is 573. The van der Waals surface area contributed by atoms with Gasteiger partial charge >= 0.3 is 5.97 Å². The van der Waals surface area contributed by atoms with Crippen molar-refractivity contribution in [3.63, 3.8) is 0 Å². The molecule has 0 aliphatic heterocycles. The Morgan fingerprint density at radius 3 is 2.48 bits per heavy atom. The minimum atomic E-state index is -1.10. The number of carbonyl (C=O) groups is 2. The van der Waals surface area contributed by atoms with E-state index in [4.69, 9.17) is 10.4 Å². The molecular weight excluding hydrogens is 268 g/mol. The van der Waals surface area contributed by atoms with E-state index < -0.39 is 11.4 Å². The van der Waals surface area contributed by atoms with E-state index in [-0.39, 0.29) is 12.3 Å². The molecule has 0 aliphatic rings. The van der Waals surface area contributed by atoms with E-state index in [0.29, 0.717) is 18.7 Å². The molecule has 112 valence electrons. The van der Waals surface area contributed by atoms with Crippen molar-refractivity contribution in [3.05, 3.63) is 35.4 Å². The summed E-state index contributed by atoms with van der Waals surface area (Å²) in [6.45, 7) is 5.68. The fourth-order valence-corrected chi connectivity index (χ4v) is 1.91. The highest BCUT2D eigenvalue weighted by atomic mass is 16.4. The Hall–Kier alpha value is -2.35. The lowest BCUT2D eigenvalue weighted by Gasteiger charge is -2.26. The smallest absolute Gasteiger partial charge is 0.309 e. The number of amides is 1. The predicted molar refractivity (Wildman–Crippen MR) is 78.3 cm³/mol. The van der Waals surface area contributed by atoms with Crippen molar-refractivity contribution in [1.29, 1.82) is 5.26 Å². The van der Waals surface area contributed by atoms with Crippen molar-refractivity contribution in [2.45, 2.75) is 33.7 Å². The Balaban J connectivity index is 2.87. The number of hydrogen-bond donors (Lipinski definition) is 1. The van der Waals surface area contributed by atoms with Gasteiger partial charge in [0, 0.05) is 19.5 Å². The summed E-state index contributed by atoms with van der Waals surface area (Å²) < 4.78 is 0. The molecule has 0 atom stereocenters. The topological polar surface area (TPSA) is 81.4 Å². The van der Waals surface area contributed by atoms with Crippen LogP contribution in [0.5, 0.6) is 0 Å². The van der Waals surface area contributed by atoms with Gasteiger partial charge in [-0.3, -0.25) is 9.59 Å². The zero-order chi connectivity index (χ0) is 16.0. The van der Waals surface area contributed by atoms with Gasteiger partial charge in [0.1, 0.15) is 0 Å². The Morgan fingerprint density at radius 1 is 1.33 bits per heavy atom. The lowest BCUT2D eigenvalue weighted by Crippen LogP contribution is -2.36. The van der Waals surface area contributed by atoms with Crippen molar-refractivity contribution in [1.82, 2.24) is 4.90 Å². The SMILES string of the molecule is CCN(Cc1ccccc1C#N)C(=O)CC(C)(C)C(=O)O. The lowest BCUT2D eigenvalue weighted by molar-refractivity contribution is -0.151. The molecule has 0 bridgehead atoms. The van der Waals surface area contributed by atoms with Crippen molar-refractivity contribution in [2.24, 2.45) is 5.41 Å². The van der Waals surface area contributed by atoms with Gasteiger partial charge in [-0.25, -0.2) is 0 Å². The van der Waals surface area contributed by atoms with Gasteiger partial charge in [0.2, 0.25) is 5.91 Å². The molecule has 5 nitrogen and oxygen atoms in total. The molecule has 1 aromatic carbocycles. The second-order valence-electron chi connectivity index (χ2n) is 5.54. The van der Waals surface area contributed by atoms with Crippen LogP contribution in [-0.2, 0) is 16.1 Å². The van der Waals surface area contributed by atoms with E-state index in [2.05, 4.69) is 6.07 Å². The monoisotopic (exact) mass is 288 g/mol. The van der Waals surface area contributed by atoms with E-state index in [0.717, 1.165) is 5.56 Å². The average Bonchev–Trinajstić information content (AvgIpc) is 2.44. The van der Waals surface area contributed by atoms with Crippen LogP contribution < -0.4 is 0 Å². The van der Waals surface area contributed by atoms with Gasteiger partial charge in [-0.1, -0.05) is 18.2 Å². The van der Waals surface area contributed by atoms with Crippen LogP contribution in [0.3, 0.4) is 0 Å². The van der Waals surface area contributed by atoms with Crippen molar-refractivity contribution in [3.8, 4) is 6.07 Å². The van der Waals surface area contributed by atoms with E-state index in [9.17, 15) is 9.59 Å². The van der Waals surface area contributed by atoms with Crippen LogP contribution in [0.25, 0.3) is 0 Å². The molecular formula is C16H20N2O3. The van der Waals surface area contributed by atoms with Gasteiger partial charge in [0.05, 0.1) is 17.0 Å². The number of nitriles is 1. The minimum Gasteiger partial charge on any atom is -0.481 e. The number of carboxylic acids is 1. The van der Waals surface area contributed by atoms with E-state index in [1.54, 1.807) is 23.1 Å². The van der Waals surface area contributed by atoms with Gasteiger partial charge < -0.3 is 10.0 Å². The van der Waals surface area contributed by atoms with Gasteiger partial charge in [0.25, 0.3) is 0 Å². The van der Waals surface area contributed by atoms with E-state index >= 15 is 0 Å². The summed E-state index contributed by atoms with van der Waals surface area (Å²) in [5, 5.41) is 18.2. The highest BCUT2D eigenvalue weighted by Gasteiger charge is 2.31. The van der Waals surface area contributed by atoms with Crippen LogP contribution in [0.1, 0.15) is 38.3 Å². The minimum absolute atomic E-state index is 0.0646. The quantitative estimate of drug-likeness (QED) is 0.871. The van der Waals surface area contributed by atoms with Crippen LogP contribution in [0.15, 0.2) is 24.3 Å². The molecule has 5 heteroatoms. The predicted octanol–water partition coefficient (Wildman–Crippen LogP) is 2.41.